The van der Waals surface area contributed by atoms with Gasteiger partial charge in [0.2, 0.25) is 5.96 Å². The third-order valence-electron chi connectivity index (χ3n) is 3.25. The van der Waals surface area contributed by atoms with Gasteiger partial charge in [-0.25, -0.2) is 9.98 Å². The van der Waals surface area contributed by atoms with Gasteiger partial charge in [-0.1, -0.05) is 6.07 Å². The van der Waals surface area contributed by atoms with Gasteiger partial charge >= 0.3 is 0 Å². The molecule has 4 N–H and O–H groups in total. The zero-order valence-electron chi connectivity index (χ0n) is 10.9. The summed E-state index contributed by atoms with van der Waals surface area (Å²) in [5.74, 6) is 0.995. The number of anilines is 3. The van der Waals surface area contributed by atoms with E-state index in [1.54, 1.807) is 18.3 Å². The van der Waals surface area contributed by atoms with Gasteiger partial charge in [0.1, 0.15) is 0 Å². The van der Waals surface area contributed by atoms with E-state index in [-0.39, 0.29) is 0 Å². The summed E-state index contributed by atoms with van der Waals surface area (Å²) < 4.78 is 0. The number of nitrogens with zero attached hydrogens (tertiary/aromatic N) is 3. The molecule has 1 aromatic carbocycles. The number of carbonyl (C=O) groups is 1. The van der Waals surface area contributed by atoms with Crippen molar-refractivity contribution in [1.82, 2.24) is 9.97 Å². The average Bonchev–Trinajstić information content (AvgIpc) is 2.94. The maximum atomic E-state index is 11.4. The SMILES string of the molecule is CNc1cccc(N2C(N)=NCc3[nH]cnc32)c1C=O. The molecule has 102 valence electrons. The number of H-pyrrole nitrogens is 1. The number of fused-ring (bicyclic) bond motifs is 1. The van der Waals surface area contributed by atoms with Gasteiger partial charge in [-0.15, -0.1) is 0 Å². The van der Waals surface area contributed by atoms with Crippen molar-refractivity contribution >= 4 is 29.4 Å². The predicted molar refractivity (Wildman–Crippen MR) is 77.4 cm³/mol. The van der Waals surface area contributed by atoms with E-state index in [9.17, 15) is 4.79 Å². The highest BCUT2D eigenvalue weighted by Gasteiger charge is 2.26. The van der Waals surface area contributed by atoms with Crippen molar-refractivity contribution < 1.29 is 4.79 Å². The van der Waals surface area contributed by atoms with Crippen LogP contribution in [-0.2, 0) is 6.54 Å². The molecule has 20 heavy (non-hydrogen) atoms. The fourth-order valence-electron chi connectivity index (χ4n) is 2.29. The van der Waals surface area contributed by atoms with Gasteiger partial charge in [-0.2, -0.15) is 0 Å². The first kappa shape index (κ1) is 12.2. The fourth-order valence-corrected chi connectivity index (χ4v) is 2.29. The van der Waals surface area contributed by atoms with Gasteiger partial charge in [0.05, 0.1) is 29.8 Å². The number of aromatic nitrogens is 2. The maximum Gasteiger partial charge on any atom is 0.202 e. The van der Waals surface area contributed by atoms with Crippen LogP contribution in [0.5, 0.6) is 0 Å². The maximum absolute atomic E-state index is 11.4. The molecule has 0 atom stereocenters. The summed E-state index contributed by atoms with van der Waals surface area (Å²) >= 11 is 0. The molecule has 2 aromatic rings. The standard InChI is InChI=1S/C13H14N6O/c1-15-9-3-2-4-11(8(9)6-20)19-12-10(17-7-18-12)5-16-13(19)14/h2-4,6-7,15H,5H2,1H3,(H2,14,16)(H,17,18). The van der Waals surface area contributed by atoms with Crippen LogP contribution in [0, 0.1) is 0 Å². The molecule has 0 aliphatic carbocycles. The second kappa shape index (κ2) is 4.69. The molecule has 0 saturated carbocycles. The van der Waals surface area contributed by atoms with Crippen molar-refractivity contribution in [3.05, 3.63) is 35.8 Å². The summed E-state index contributed by atoms with van der Waals surface area (Å²) in [6, 6.07) is 5.50. The van der Waals surface area contributed by atoms with Crippen molar-refractivity contribution in [2.24, 2.45) is 10.7 Å². The Morgan fingerprint density at radius 2 is 2.35 bits per heavy atom. The van der Waals surface area contributed by atoms with Crippen LogP contribution in [0.25, 0.3) is 0 Å². The van der Waals surface area contributed by atoms with E-state index in [2.05, 4.69) is 20.3 Å². The lowest BCUT2D eigenvalue weighted by Gasteiger charge is -2.27. The molecule has 7 heteroatoms. The number of carbonyl (C=O) groups excluding carboxylic acids is 1. The minimum atomic E-state index is 0.320. The Kier molecular flexibility index (Phi) is 2.86. The second-order valence-electron chi connectivity index (χ2n) is 4.32. The molecule has 1 aromatic heterocycles. The van der Waals surface area contributed by atoms with Crippen LogP contribution in [0.2, 0.25) is 0 Å². The number of rotatable bonds is 3. The van der Waals surface area contributed by atoms with E-state index in [1.165, 1.54) is 0 Å². The number of nitrogens with two attached hydrogens (primary N) is 1. The highest BCUT2D eigenvalue weighted by atomic mass is 16.1. The second-order valence-corrected chi connectivity index (χ2v) is 4.32. The number of hydrogen-bond acceptors (Lipinski definition) is 6. The van der Waals surface area contributed by atoms with E-state index in [1.807, 2.05) is 18.2 Å². The van der Waals surface area contributed by atoms with Crippen LogP contribution < -0.4 is 16.0 Å². The van der Waals surface area contributed by atoms with Gasteiger partial charge in [0.15, 0.2) is 12.1 Å². The van der Waals surface area contributed by atoms with Crippen LogP contribution in [-0.4, -0.2) is 29.3 Å². The van der Waals surface area contributed by atoms with Crippen molar-refractivity contribution in [2.75, 3.05) is 17.3 Å². The Balaban J connectivity index is 2.20. The number of aliphatic imine (C=N–C) groups is 1. The third-order valence-corrected chi connectivity index (χ3v) is 3.25. The number of nitrogens with one attached hydrogen (secondary N) is 2. The minimum Gasteiger partial charge on any atom is -0.387 e. The molecule has 0 spiro atoms. The van der Waals surface area contributed by atoms with Gasteiger partial charge < -0.3 is 16.0 Å². The Labute approximate surface area is 115 Å². The van der Waals surface area contributed by atoms with Crippen LogP contribution >= 0.6 is 0 Å². The molecule has 1 aliphatic rings. The van der Waals surface area contributed by atoms with Crippen molar-refractivity contribution in [2.45, 2.75) is 6.54 Å². The number of aromatic amines is 1. The zero-order valence-corrected chi connectivity index (χ0v) is 10.9. The summed E-state index contributed by atoms with van der Waals surface area (Å²) in [5.41, 5.74) is 8.75. The summed E-state index contributed by atoms with van der Waals surface area (Å²) in [4.78, 5) is 24.7. The lowest BCUT2D eigenvalue weighted by molar-refractivity contribution is 0.112. The van der Waals surface area contributed by atoms with Crippen LogP contribution in [0.1, 0.15) is 16.1 Å². The Morgan fingerprint density at radius 3 is 3.10 bits per heavy atom. The molecule has 0 bridgehead atoms. The van der Waals surface area contributed by atoms with Gasteiger partial charge in [-0.05, 0) is 12.1 Å². The van der Waals surface area contributed by atoms with E-state index in [0.29, 0.717) is 29.6 Å². The summed E-state index contributed by atoms with van der Waals surface area (Å²) in [6.45, 7) is 0.458. The largest absolute Gasteiger partial charge is 0.387 e. The molecule has 3 rings (SSSR count). The normalized spacial score (nSPS) is 13.7. The molecular formula is C13H14N6O. The summed E-state index contributed by atoms with van der Waals surface area (Å²) in [6.07, 6.45) is 2.39. The summed E-state index contributed by atoms with van der Waals surface area (Å²) in [7, 11) is 1.76. The van der Waals surface area contributed by atoms with Gasteiger partial charge in [-0.3, -0.25) is 9.69 Å². The number of imidazole rings is 1. The molecule has 0 unspecified atom stereocenters. The lowest BCUT2D eigenvalue weighted by atomic mass is 10.1. The van der Waals surface area contributed by atoms with Crippen LogP contribution in [0.3, 0.4) is 0 Å². The Hall–Kier alpha value is -2.83. The molecule has 7 nitrogen and oxygen atoms in total. The van der Waals surface area contributed by atoms with Crippen molar-refractivity contribution in [3.8, 4) is 0 Å². The highest BCUT2D eigenvalue weighted by molar-refractivity contribution is 6.07. The van der Waals surface area contributed by atoms with Crippen LogP contribution in [0.15, 0.2) is 29.5 Å². The van der Waals surface area contributed by atoms with Gasteiger partial charge in [0.25, 0.3) is 0 Å². The average molecular weight is 270 g/mol. The smallest absolute Gasteiger partial charge is 0.202 e. The van der Waals surface area contributed by atoms with E-state index in [0.717, 1.165) is 17.7 Å². The Morgan fingerprint density at radius 1 is 1.50 bits per heavy atom. The van der Waals surface area contributed by atoms with Crippen molar-refractivity contribution in [3.63, 3.8) is 0 Å². The molecule has 1 aliphatic heterocycles. The fraction of sp³-hybridized carbons (Fsp3) is 0.154. The monoisotopic (exact) mass is 270 g/mol. The molecule has 0 radical (unpaired) electrons. The number of guanidine groups is 1. The highest BCUT2D eigenvalue weighted by Crippen LogP contribution is 2.33. The number of hydrogen-bond donors (Lipinski definition) is 3. The van der Waals surface area contributed by atoms with E-state index >= 15 is 0 Å². The first-order valence-electron chi connectivity index (χ1n) is 6.14. The molecule has 0 fully saturated rings. The Bertz CT molecular complexity index is 690. The quantitative estimate of drug-likeness (QED) is 0.728. The predicted octanol–water partition coefficient (Wildman–Crippen LogP) is 1.23. The lowest BCUT2D eigenvalue weighted by Crippen LogP contribution is -2.37. The number of aldehydes is 1. The first-order chi connectivity index (χ1) is 9.76. The number of benzene rings is 1. The summed E-state index contributed by atoms with van der Waals surface area (Å²) in [5, 5.41) is 2.99. The molecule has 2 heterocycles. The van der Waals surface area contributed by atoms with Crippen LogP contribution in [0.4, 0.5) is 17.2 Å². The van der Waals surface area contributed by atoms with E-state index in [4.69, 9.17) is 5.73 Å². The molecule has 0 saturated heterocycles. The van der Waals surface area contributed by atoms with Crippen molar-refractivity contribution in [1.29, 1.82) is 0 Å². The van der Waals surface area contributed by atoms with E-state index < -0.39 is 0 Å². The van der Waals surface area contributed by atoms with Gasteiger partial charge in [0, 0.05) is 12.7 Å². The zero-order chi connectivity index (χ0) is 14.1. The molecule has 0 amide bonds. The topological polar surface area (TPSA) is 99.4 Å². The molecular weight excluding hydrogens is 256 g/mol. The third kappa shape index (κ3) is 1.71. The first-order valence-corrected chi connectivity index (χ1v) is 6.14. The minimum absolute atomic E-state index is 0.320.